The Labute approximate surface area is 128 Å². The van der Waals surface area contributed by atoms with Crippen LogP contribution in [0, 0.1) is 12.8 Å². The van der Waals surface area contributed by atoms with E-state index in [-0.39, 0.29) is 0 Å². The smallest absolute Gasteiger partial charge is 0.103 e. The minimum Gasteiger partial charge on any atom is -0.389 e. The number of aryl methyl sites for hydroxylation is 1. The third-order valence-electron chi connectivity index (χ3n) is 4.68. The van der Waals surface area contributed by atoms with Gasteiger partial charge in [0, 0.05) is 18.2 Å². The second kappa shape index (κ2) is 6.68. The van der Waals surface area contributed by atoms with Crippen molar-refractivity contribution in [2.45, 2.75) is 52.1 Å². The summed E-state index contributed by atoms with van der Waals surface area (Å²) in [5.74, 6) is 0.810. The molecule has 2 atom stereocenters. The number of rotatable bonds is 4. The number of nitrogens with zero attached hydrogens (tertiary/aromatic N) is 1. The summed E-state index contributed by atoms with van der Waals surface area (Å²) in [6, 6.07) is 7.05. The highest BCUT2D eigenvalue weighted by Crippen LogP contribution is 2.28. The Morgan fingerprint density at radius 1 is 1.35 bits per heavy atom. The Morgan fingerprint density at radius 2 is 2.05 bits per heavy atom. The summed E-state index contributed by atoms with van der Waals surface area (Å²) in [6.07, 6.45) is 5.47. The van der Waals surface area contributed by atoms with E-state index in [0.717, 1.165) is 24.1 Å². The first kappa shape index (κ1) is 15.5. The van der Waals surface area contributed by atoms with Crippen LogP contribution in [0.25, 0.3) is 0 Å². The normalized spacial score (nSPS) is 23.0. The Hall–Kier alpha value is -0.930. The molecule has 0 aliphatic heterocycles. The number of thiocarbonyl (C=S) groups is 1. The van der Waals surface area contributed by atoms with E-state index in [1.807, 2.05) is 6.07 Å². The molecule has 2 rings (SSSR count). The van der Waals surface area contributed by atoms with E-state index in [9.17, 15) is 0 Å². The third-order valence-corrected chi connectivity index (χ3v) is 4.91. The molecule has 0 saturated heterocycles. The van der Waals surface area contributed by atoms with Crippen LogP contribution < -0.4 is 5.73 Å². The number of hydrogen-bond acceptors (Lipinski definition) is 2. The van der Waals surface area contributed by atoms with Gasteiger partial charge in [0.2, 0.25) is 0 Å². The summed E-state index contributed by atoms with van der Waals surface area (Å²) in [6.45, 7) is 5.55. The van der Waals surface area contributed by atoms with Crippen LogP contribution in [0.1, 0.15) is 49.3 Å². The first-order chi connectivity index (χ1) is 9.49. The molecule has 0 bridgehead atoms. The fraction of sp³-hybridized carbons (Fsp3) is 0.588. The quantitative estimate of drug-likeness (QED) is 0.859. The summed E-state index contributed by atoms with van der Waals surface area (Å²) in [7, 11) is 2.26. The highest BCUT2D eigenvalue weighted by Gasteiger charge is 2.25. The Bertz CT molecular complexity index is 484. The highest BCUT2D eigenvalue weighted by molar-refractivity contribution is 7.80. The topological polar surface area (TPSA) is 29.3 Å². The average Bonchev–Trinajstić information content (AvgIpc) is 2.41. The largest absolute Gasteiger partial charge is 0.389 e. The maximum atomic E-state index is 5.69. The van der Waals surface area contributed by atoms with Crippen LogP contribution in [0.15, 0.2) is 18.2 Å². The molecule has 1 aromatic rings. The molecule has 1 saturated carbocycles. The van der Waals surface area contributed by atoms with E-state index in [0.29, 0.717) is 4.99 Å². The molecule has 110 valence electrons. The average molecular weight is 290 g/mol. The van der Waals surface area contributed by atoms with Gasteiger partial charge in [0.1, 0.15) is 4.99 Å². The molecule has 0 amide bonds. The maximum Gasteiger partial charge on any atom is 0.103 e. The van der Waals surface area contributed by atoms with Crippen molar-refractivity contribution in [3.63, 3.8) is 0 Å². The molecule has 1 aliphatic carbocycles. The van der Waals surface area contributed by atoms with Crippen molar-refractivity contribution in [3.8, 4) is 0 Å². The fourth-order valence-electron chi connectivity index (χ4n) is 3.36. The molecular formula is C17H26N2S. The lowest BCUT2D eigenvalue weighted by Gasteiger charge is -2.36. The van der Waals surface area contributed by atoms with Gasteiger partial charge in [-0.15, -0.1) is 0 Å². The molecule has 2 N–H and O–H groups in total. The molecule has 20 heavy (non-hydrogen) atoms. The summed E-state index contributed by atoms with van der Waals surface area (Å²) >= 11 is 5.04. The first-order valence-corrected chi connectivity index (χ1v) is 7.99. The van der Waals surface area contributed by atoms with Crippen LogP contribution in [0.5, 0.6) is 0 Å². The van der Waals surface area contributed by atoms with Crippen LogP contribution in [0.2, 0.25) is 0 Å². The predicted octanol–water partition coefficient (Wildman–Crippen LogP) is 3.64. The van der Waals surface area contributed by atoms with E-state index in [2.05, 4.69) is 37.9 Å². The molecule has 1 aromatic carbocycles. The second-order valence-electron chi connectivity index (χ2n) is 6.25. The van der Waals surface area contributed by atoms with Crippen molar-refractivity contribution in [3.05, 3.63) is 34.9 Å². The third kappa shape index (κ3) is 3.58. The molecule has 0 radical (unpaired) electrons. The number of hydrogen-bond donors (Lipinski definition) is 1. The van der Waals surface area contributed by atoms with Gasteiger partial charge in [0.05, 0.1) is 0 Å². The molecule has 2 unspecified atom stereocenters. The number of nitrogens with two attached hydrogens (primary N) is 1. The van der Waals surface area contributed by atoms with Crippen LogP contribution in [-0.4, -0.2) is 23.0 Å². The van der Waals surface area contributed by atoms with Crippen LogP contribution >= 0.6 is 12.2 Å². The molecule has 2 nitrogen and oxygen atoms in total. The molecule has 1 fully saturated rings. The molecule has 0 spiro atoms. The summed E-state index contributed by atoms with van der Waals surface area (Å²) in [5, 5.41) is 0. The zero-order chi connectivity index (χ0) is 14.7. The van der Waals surface area contributed by atoms with Gasteiger partial charge in [-0.3, -0.25) is 4.90 Å². The SMILES string of the molecule is Cc1cc(C(N)=S)ccc1CN(C)C1CCCCC1C. The standard InChI is InChI=1S/C17H26N2S/c1-12-6-4-5-7-16(12)19(3)11-15-9-8-14(17(18)20)10-13(15)2/h8-10,12,16H,4-7,11H2,1-3H3,(H2,18,20). The summed E-state index contributed by atoms with van der Waals surface area (Å²) in [4.78, 5) is 3.00. The first-order valence-electron chi connectivity index (χ1n) is 7.58. The Morgan fingerprint density at radius 3 is 2.65 bits per heavy atom. The van der Waals surface area contributed by atoms with E-state index in [1.54, 1.807) is 0 Å². The fourth-order valence-corrected chi connectivity index (χ4v) is 3.49. The molecule has 0 heterocycles. The number of benzene rings is 1. The summed E-state index contributed by atoms with van der Waals surface area (Å²) < 4.78 is 0. The van der Waals surface area contributed by atoms with Crippen molar-refractivity contribution < 1.29 is 0 Å². The van der Waals surface area contributed by atoms with Gasteiger partial charge in [-0.1, -0.05) is 44.1 Å². The minimum absolute atomic E-state index is 0.480. The van der Waals surface area contributed by atoms with Gasteiger partial charge in [0.15, 0.2) is 0 Å². The van der Waals surface area contributed by atoms with E-state index < -0.39 is 0 Å². The molecule has 3 heteroatoms. The minimum atomic E-state index is 0.480. The molecule has 0 aromatic heterocycles. The van der Waals surface area contributed by atoms with Crippen molar-refractivity contribution >= 4 is 17.2 Å². The Kier molecular flexibility index (Phi) is 5.17. The van der Waals surface area contributed by atoms with Crippen molar-refractivity contribution in [1.82, 2.24) is 4.90 Å². The van der Waals surface area contributed by atoms with E-state index in [4.69, 9.17) is 18.0 Å². The predicted molar refractivity (Wildman–Crippen MR) is 90.0 cm³/mol. The second-order valence-corrected chi connectivity index (χ2v) is 6.69. The van der Waals surface area contributed by atoms with E-state index in [1.165, 1.54) is 36.8 Å². The van der Waals surface area contributed by atoms with Crippen molar-refractivity contribution in [2.75, 3.05) is 7.05 Å². The van der Waals surface area contributed by atoms with Gasteiger partial charge >= 0.3 is 0 Å². The molecule has 1 aliphatic rings. The lowest BCUT2D eigenvalue weighted by molar-refractivity contribution is 0.133. The van der Waals surface area contributed by atoms with Crippen LogP contribution in [0.3, 0.4) is 0 Å². The van der Waals surface area contributed by atoms with Gasteiger partial charge in [-0.2, -0.15) is 0 Å². The zero-order valence-electron chi connectivity index (χ0n) is 12.9. The van der Waals surface area contributed by atoms with Gasteiger partial charge in [-0.05, 0) is 49.9 Å². The van der Waals surface area contributed by atoms with Gasteiger partial charge in [0.25, 0.3) is 0 Å². The zero-order valence-corrected chi connectivity index (χ0v) is 13.7. The summed E-state index contributed by atoms with van der Waals surface area (Å²) in [5.41, 5.74) is 9.32. The van der Waals surface area contributed by atoms with E-state index >= 15 is 0 Å². The lowest BCUT2D eigenvalue weighted by Crippen LogP contribution is -2.38. The monoisotopic (exact) mass is 290 g/mol. The maximum absolute atomic E-state index is 5.69. The van der Waals surface area contributed by atoms with Crippen molar-refractivity contribution in [1.29, 1.82) is 0 Å². The van der Waals surface area contributed by atoms with Crippen LogP contribution in [-0.2, 0) is 6.54 Å². The van der Waals surface area contributed by atoms with Gasteiger partial charge < -0.3 is 5.73 Å². The van der Waals surface area contributed by atoms with Crippen LogP contribution in [0.4, 0.5) is 0 Å². The van der Waals surface area contributed by atoms with Gasteiger partial charge in [-0.25, -0.2) is 0 Å². The highest BCUT2D eigenvalue weighted by atomic mass is 32.1. The van der Waals surface area contributed by atoms with Crippen molar-refractivity contribution in [2.24, 2.45) is 11.7 Å². The Balaban J connectivity index is 2.07. The molecular weight excluding hydrogens is 264 g/mol. The lowest BCUT2D eigenvalue weighted by atomic mass is 9.85.